The van der Waals surface area contributed by atoms with E-state index in [0.717, 1.165) is 22.9 Å². The summed E-state index contributed by atoms with van der Waals surface area (Å²) in [6.07, 6.45) is 4.28. The van der Waals surface area contributed by atoms with Crippen LogP contribution in [0.2, 0.25) is 0 Å². The second kappa shape index (κ2) is 3.74. The minimum atomic E-state index is 0.462. The third kappa shape index (κ3) is 1.42. The van der Waals surface area contributed by atoms with Crippen LogP contribution in [0.3, 0.4) is 0 Å². The highest BCUT2D eigenvalue weighted by atomic mass is 35.5. The molecule has 0 N–H and O–H groups in total. The number of alkyl halides is 1. The lowest BCUT2D eigenvalue weighted by Crippen LogP contribution is -2.02. The molecule has 1 saturated carbocycles. The van der Waals surface area contributed by atoms with E-state index in [4.69, 9.17) is 11.6 Å². The van der Waals surface area contributed by atoms with E-state index in [2.05, 4.69) is 21.5 Å². The lowest BCUT2D eigenvalue weighted by molar-refractivity contribution is 0.633. The van der Waals surface area contributed by atoms with Gasteiger partial charge in [0.25, 0.3) is 0 Å². The number of rotatable bonds is 3. The van der Waals surface area contributed by atoms with Gasteiger partial charge in [0.05, 0.1) is 5.88 Å². The zero-order valence-electron chi connectivity index (χ0n) is 9.23. The van der Waals surface area contributed by atoms with Crippen LogP contribution in [0.1, 0.15) is 31.6 Å². The summed E-state index contributed by atoms with van der Waals surface area (Å²) < 4.78 is 2.23. The molecule has 3 nitrogen and oxygen atoms in total. The highest BCUT2D eigenvalue weighted by molar-refractivity contribution is 6.16. The molecule has 84 valence electrons. The third-order valence-corrected chi connectivity index (χ3v) is 3.62. The van der Waals surface area contributed by atoms with Gasteiger partial charge in [-0.05, 0) is 24.5 Å². The van der Waals surface area contributed by atoms with Gasteiger partial charge in [0.1, 0.15) is 11.3 Å². The number of nitrogens with zero attached hydrogens (tertiary/aromatic N) is 3. The van der Waals surface area contributed by atoms with Crippen molar-refractivity contribution < 1.29 is 0 Å². The molecule has 0 aromatic carbocycles. The topological polar surface area (TPSA) is 30.7 Å². The van der Waals surface area contributed by atoms with Crippen molar-refractivity contribution >= 4 is 22.8 Å². The van der Waals surface area contributed by atoms with Gasteiger partial charge in [0.15, 0.2) is 5.65 Å². The minimum absolute atomic E-state index is 0.462. The van der Waals surface area contributed by atoms with Crippen molar-refractivity contribution in [2.24, 2.45) is 5.92 Å². The number of hydrogen-bond donors (Lipinski definition) is 0. The van der Waals surface area contributed by atoms with Crippen molar-refractivity contribution in [2.45, 2.75) is 31.7 Å². The highest BCUT2D eigenvalue weighted by Gasteiger charge is 2.39. The number of halogens is 1. The molecule has 2 aromatic rings. The third-order valence-electron chi connectivity index (χ3n) is 3.38. The first-order valence-electron chi connectivity index (χ1n) is 5.73. The molecule has 1 aliphatic rings. The summed E-state index contributed by atoms with van der Waals surface area (Å²) in [5.74, 6) is 2.20. The molecule has 1 fully saturated rings. The van der Waals surface area contributed by atoms with Crippen molar-refractivity contribution in [3.05, 3.63) is 24.2 Å². The first-order valence-corrected chi connectivity index (χ1v) is 6.26. The van der Waals surface area contributed by atoms with E-state index in [-0.39, 0.29) is 0 Å². The Morgan fingerprint density at radius 3 is 3.12 bits per heavy atom. The predicted molar refractivity (Wildman–Crippen MR) is 64.5 cm³/mol. The highest BCUT2D eigenvalue weighted by Crippen LogP contribution is 2.47. The molecular weight excluding hydrogens is 222 g/mol. The molecule has 0 aliphatic heterocycles. The molecule has 2 unspecified atom stereocenters. The lowest BCUT2D eigenvalue weighted by atomic mass is 10.3. The Balaban J connectivity index is 2.13. The normalized spacial score (nSPS) is 23.9. The fraction of sp³-hybridized carbons (Fsp3) is 0.500. The van der Waals surface area contributed by atoms with E-state index >= 15 is 0 Å². The Bertz CT molecular complexity index is 520. The van der Waals surface area contributed by atoms with Crippen molar-refractivity contribution in [3.63, 3.8) is 0 Å². The van der Waals surface area contributed by atoms with Gasteiger partial charge in [0.2, 0.25) is 0 Å². The van der Waals surface area contributed by atoms with E-state index in [9.17, 15) is 0 Å². The summed E-state index contributed by atoms with van der Waals surface area (Å²) in [7, 11) is 0. The average Bonchev–Trinajstić information content (AvgIpc) is 3.01. The van der Waals surface area contributed by atoms with Crippen LogP contribution >= 0.6 is 11.6 Å². The van der Waals surface area contributed by atoms with Crippen molar-refractivity contribution in [1.82, 2.24) is 14.5 Å². The molecule has 1 aliphatic carbocycles. The first-order chi connectivity index (χ1) is 7.85. The molecule has 0 bridgehead atoms. The Kier molecular flexibility index (Phi) is 2.36. The smallest absolute Gasteiger partial charge is 0.160 e. The Morgan fingerprint density at radius 2 is 2.44 bits per heavy atom. The number of pyridine rings is 1. The fourth-order valence-corrected chi connectivity index (χ4v) is 2.59. The minimum Gasteiger partial charge on any atom is -0.308 e. The second-order valence-corrected chi connectivity index (χ2v) is 4.62. The second-order valence-electron chi connectivity index (χ2n) is 4.35. The molecule has 0 saturated heterocycles. The molecule has 2 atom stereocenters. The van der Waals surface area contributed by atoms with Crippen molar-refractivity contribution in [2.75, 3.05) is 0 Å². The van der Waals surface area contributed by atoms with E-state index in [0.29, 0.717) is 11.9 Å². The van der Waals surface area contributed by atoms with Gasteiger partial charge in [-0.15, -0.1) is 11.6 Å². The number of imidazole rings is 1. The monoisotopic (exact) mass is 235 g/mol. The predicted octanol–water partition coefficient (Wildman–Crippen LogP) is 3.14. The summed E-state index contributed by atoms with van der Waals surface area (Å²) in [6, 6.07) is 4.48. The van der Waals surface area contributed by atoms with Crippen LogP contribution in [0.15, 0.2) is 18.3 Å². The van der Waals surface area contributed by atoms with Gasteiger partial charge in [0, 0.05) is 12.2 Å². The van der Waals surface area contributed by atoms with Crippen LogP contribution in [0.5, 0.6) is 0 Å². The number of hydrogen-bond acceptors (Lipinski definition) is 2. The van der Waals surface area contributed by atoms with Crippen LogP contribution in [-0.2, 0) is 5.88 Å². The summed E-state index contributed by atoms with van der Waals surface area (Å²) in [5.41, 5.74) is 1.94. The van der Waals surface area contributed by atoms with Crippen molar-refractivity contribution in [3.8, 4) is 0 Å². The Labute approximate surface area is 99.5 Å². The maximum absolute atomic E-state index is 5.96. The summed E-state index contributed by atoms with van der Waals surface area (Å²) in [5, 5.41) is 0. The van der Waals surface area contributed by atoms with Gasteiger partial charge < -0.3 is 4.57 Å². The summed E-state index contributed by atoms with van der Waals surface area (Å²) in [6.45, 7) is 2.23. The maximum atomic E-state index is 5.96. The molecule has 2 aromatic heterocycles. The zero-order valence-corrected chi connectivity index (χ0v) is 9.98. The molecule has 3 rings (SSSR count). The average molecular weight is 236 g/mol. The first kappa shape index (κ1) is 10.1. The van der Waals surface area contributed by atoms with Crippen LogP contribution in [0.25, 0.3) is 11.2 Å². The van der Waals surface area contributed by atoms with Gasteiger partial charge in [-0.1, -0.05) is 13.3 Å². The zero-order chi connectivity index (χ0) is 11.1. The van der Waals surface area contributed by atoms with E-state index < -0.39 is 0 Å². The fourth-order valence-electron chi connectivity index (χ4n) is 2.41. The quantitative estimate of drug-likeness (QED) is 0.766. The molecular formula is C12H14ClN3. The van der Waals surface area contributed by atoms with Gasteiger partial charge >= 0.3 is 0 Å². The molecule has 0 spiro atoms. The number of aromatic nitrogens is 3. The van der Waals surface area contributed by atoms with Crippen molar-refractivity contribution in [1.29, 1.82) is 0 Å². The van der Waals surface area contributed by atoms with Gasteiger partial charge in [-0.2, -0.15) is 0 Å². The molecule has 2 heterocycles. The molecule has 0 radical (unpaired) electrons. The van der Waals surface area contributed by atoms with Crippen LogP contribution in [0, 0.1) is 5.92 Å². The van der Waals surface area contributed by atoms with Crippen LogP contribution in [-0.4, -0.2) is 14.5 Å². The van der Waals surface area contributed by atoms with Crippen LogP contribution < -0.4 is 0 Å². The summed E-state index contributed by atoms with van der Waals surface area (Å²) >= 11 is 5.96. The Morgan fingerprint density at radius 1 is 1.56 bits per heavy atom. The standard InChI is InChI=1S/C12H14ClN3/c1-2-8-6-10(8)16-11(7-13)15-9-4-3-5-14-12(9)16/h3-5,8,10H,2,6-7H2,1H3. The Hall–Kier alpha value is -1.09. The lowest BCUT2D eigenvalue weighted by Gasteiger charge is -2.05. The summed E-state index contributed by atoms with van der Waals surface area (Å²) in [4.78, 5) is 8.95. The van der Waals surface area contributed by atoms with E-state index in [1.165, 1.54) is 12.8 Å². The SMILES string of the molecule is CCC1CC1n1c(CCl)nc2cccnc21. The van der Waals surface area contributed by atoms with Gasteiger partial charge in [-0.3, -0.25) is 0 Å². The largest absolute Gasteiger partial charge is 0.308 e. The van der Waals surface area contributed by atoms with Crippen LogP contribution in [0.4, 0.5) is 0 Å². The molecule has 0 amide bonds. The van der Waals surface area contributed by atoms with Gasteiger partial charge in [-0.25, -0.2) is 9.97 Å². The molecule has 4 heteroatoms. The maximum Gasteiger partial charge on any atom is 0.160 e. The molecule has 16 heavy (non-hydrogen) atoms. The van der Waals surface area contributed by atoms with E-state index in [1.54, 1.807) is 0 Å². The number of fused-ring (bicyclic) bond motifs is 1. The van der Waals surface area contributed by atoms with E-state index in [1.807, 2.05) is 18.3 Å².